The zero-order chi connectivity index (χ0) is 13.8. The molecule has 1 unspecified atom stereocenters. The topological polar surface area (TPSA) is 78.3 Å². The molecule has 0 aliphatic rings. The van der Waals surface area contributed by atoms with Crippen LogP contribution in [0, 0.1) is 6.92 Å². The lowest BCUT2D eigenvalue weighted by atomic mass is 10.1. The molecule has 3 N–H and O–H groups in total. The first-order valence-corrected chi connectivity index (χ1v) is 7.34. The van der Waals surface area contributed by atoms with Crippen molar-refractivity contribution in [1.29, 1.82) is 0 Å². The van der Waals surface area contributed by atoms with Crippen molar-refractivity contribution in [3.8, 4) is 10.6 Å². The Morgan fingerprint density at radius 3 is 2.95 bits per heavy atom. The van der Waals surface area contributed by atoms with Crippen molar-refractivity contribution < 1.29 is 10.2 Å². The molecule has 1 aromatic heterocycles. The number of aryl methyl sites for hydroxylation is 1. The second-order valence-corrected chi connectivity index (χ2v) is 5.98. The number of nitrogens with one attached hydrogen (secondary N) is 1. The normalized spacial score (nSPS) is 12.4. The fraction of sp³-hybridized carbons (Fsp3) is 0.333. The van der Waals surface area contributed by atoms with Crippen LogP contribution in [0.25, 0.3) is 10.6 Å². The van der Waals surface area contributed by atoms with Crippen molar-refractivity contribution in [2.24, 2.45) is 0 Å². The van der Waals surface area contributed by atoms with Gasteiger partial charge in [0.15, 0.2) is 0 Å². The van der Waals surface area contributed by atoms with E-state index in [0.717, 1.165) is 20.6 Å². The Balaban J connectivity index is 2.14. The highest BCUT2D eigenvalue weighted by Crippen LogP contribution is 2.30. The van der Waals surface area contributed by atoms with E-state index < -0.39 is 6.10 Å². The molecular formula is C12H14BrN3O2S. The molecule has 102 valence electrons. The van der Waals surface area contributed by atoms with Crippen LogP contribution in [0.4, 0.5) is 5.13 Å². The second-order valence-electron chi connectivity index (χ2n) is 4.09. The van der Waals surface area contributed by atoms with E-state index in [-0.39, 0.29) is 13.2 Å². The number of hydrogen-bond donors (Lipinski definition) is 3. The summed E-state index contributed by atoms with van der Waals surface area (Å²) in [5.41, 5.74) is 2.16. The minimum atomic E-state index is -0.792. The molecular weight excluding hydrogens is 330 g/mol. The zero-order valence-corrected chi connectivity index (χ0v) is 12.7. The largest absolute Gasteiger partial charge is 0.394 e. The van der Waals surface area contributed by atoms with Crippen LogP contribution in [0.3, 0.4) is 0 Å². The fourth-order valence-corrected chi connectivity index (χ4v) is 2.69. The molecule has 2 rings (SSSR count). The summed E-state index contributed by atoms with van der Waals surface area (Å²) < 4.78 is 0.994. The highest BCUT2D eigenvalue weighted by Gasteiger charge is 2.10. The lowest BCUT2D eigenvalue weighted by Gasteiger charge is -2.06. The molecule has 0 aliphatic carbocycles. The third-order valence-electron chi connectivity index (χ3n) is 2.55. The van der Waals surface area contributed by atoms with Gasteiger partial charge in [0.2, 0.25) is 5.13 Å². The van der Waals surface area contributed by atoms with E-state index in [2.05, 4.69) is 31.4 Å². The molecule has 1 aromatic carbocycles. The van der Waals surface area contributed by atoms with Crippen LogP contribution in [0.1, 0.15) is 5.56 Å². The predicted octanol–water partition coefficient (Wildman–Crippen LogP) is 2.04. The van der Waals surface area contributed by atoms with E-state index >= 15 is 0 Å². The lowest BCUT2D eigenvalue weighted by molar-refractivity contribution is 0.105. The fourth-order valence-electron chi connectivity index (χ4n) is 1.50. The van der Waals surface area contributed by atoms with Gasteiger partial charge in [0.1, 0.15) is 5.01 Å². The van der Waals surface area contributed by atoms with Gasteiger partial charge in [-0.15, -0.1) is 10.2 Å². The number of aliphatic hydroxyl groups is 2. The maximum absolute atomic E-state index is 9.26. The van der Waals surface area contributed by atoms with E-state index in [0.29, 0.717) is 5.13 Å². The van der Waals surface area contributed by atoms with Crippen molar-refractivity contribution >= 4 is 32.4 Å². The Morgan fingerprint density at radius 1 is 1.42 bits per heavy atom. The molecule has 7 heteroatoms. The molecule has 0 radical (unpaired) electrons. The summed E-state index contributed by atoms with van der Waals surface area (Å²) >= 11 is 4.85. The van der Waals surface area contributed by atoms with Crippen LogP contribution < -0.4 is 5.32 Å². The standard InChI is InChI=1S/C12H14BrN3O2S/c1-7-2-3-8(13)4-10(7)11-15-16-12(19-11)14-5-9(18)6-17/h2-4,9,17-18H,5-6H2,1H3,(H,14,16). The van der Waals surface area contributed by atoms with Crippen LogP contribution >= 0.6 is 27.3 Å². The summed E-state index contributed by atoms with van der Waals surface area (Å²) in [5, 5.41) is 30.5. The quantitative estimate of drug-likeness (QED) is 0.774. The van der Waals surface area contributed by atoms with Gasteiger partial charge in [0.25, 0.3) is 0 Å². The van der Waals surface area contributed by atoms with Gasteiger partial charge in [-0.2, -0.15) is 0 Å². The van der Waals surface area contributed by atoms with Crippen molar-refractivity contribution in [3.63, 3.8) is 0 Å². The van der Waals surface area contributed by atoms with Gasteiger partial charge in [-0.3, -0.25) is 0 Å². The molecule has 5 nitrogen and oxygen atoms in total. The highest BCUT2D eigenvalue weighted by molar-refractivity contribution is 9.10. The number of nitrogens with zero attached hydrogens (tertiary/aromatic N) is 2. The van der Waals surface area contributed by atoms with Crippen LogP contribution in [0.15, 0.2) is 22.7 Å². The van der Waals surface area contributed by atoms with Crippen molar-refractivity contribution in [1.82, 2.24) is 10.2 Å². The Hall–Kier alpha value is -1.02. The molecule has 1 heterocycles. The molecule has 19 heavy (non-hydrogen) atoms. The van der Waals surface area contributed by atoms with Crippen LogP contribution in [-0.4, -0.2) is 39.7 Å². The molecule has 0 bridgehead atoms. The summed E-state index contributed by atoms with van der Waals surface area (Å²) in [6, 6.07) is 6.00. The number of rotatable bonds is 5. The van der Waals surface area contributed by atoms with Crippen molar-refractivity contribution in [2.45, 2.75) is 13.0 Å². The summed E-state index contributed by atoms with van der Waals surface area (Å²) in [6.45, 7) is 2.00. The van der Waals surface area contributed by atoms with E-state index in [4.69, 9.17) is 5.11 Å². The van der Waals surface area contributed by atoms with E-state index in [1.165, 1.54) is 11.3 Å². The number of halogens is 1. The van der Waals surface area contributed by atoms with E-state index in [1.807, 2.05) is 25.1 Å². The SMILES string of the molecule is Cc1ccc(Br)cc1-c1nnc(NCC(O)CO)s1. The Kier molecular flexibility index (Phi) is 4.87. The zero-order valence-electron chi connectivity index (χ0n) is 10.3. The minimum absolute atomic E-state index is 0.253. The maximum atomic E-state index is 9.26. The summed E-state index contributed by atoms with van der Waals surface area (Å²) in [6.07, 6.45) is -0.792. The predicted molar refractivity (Wildman–Crippen MR) is 79.4 cm³/mol. The van der Waals surface area contributed by atoms with Gasteiger partial charge in [0.05, 0.1) is 12.7 Å². The lowest BCUT2D eigenvalue weighted by Crippen LogP contribution is -2.22. The molecule has 2 aromatic rings. The van der Waals surface area contributed by atoms with Gasteiger partial charge in [0, 0.05) is 16.6 Å². The Morgan fingerprint density at radius 2 is 2.21 bits per heavy atom. The molecule has 0 fully saturated rings. The molecule has 0 saturated heterocycles. The van der Waals surface area contributed by atoms with Crippen LogP contribution in [0.5, 0.6) is 0 Å². The van der Waals surface area contributed by atoms with Crippen LogP contribution in [-0.2, 0) is 0 Å². The maximum Gasteiger partial charge on any atom is 0.206 e. The first-order chi connectivity index (χ1) is 9.10. The summed E-state index contributed by atoms with van der Waals surface area (Å²) in [7, 11) is 0. The van der Waals surface area contributed by atoms with Gasteiger partial charge in [-0.05, 0) is 24.6 Å². The number of anilines is 1. The summed E-state index contributed by atoms with van der Waals surface area (Å²) in [5.74, 6) is 0. The molecule has 0 amide bonds. The monoisotopic (exact) mass is 343 g/mol. The third kappa shape index (κ3) is 3.73. The molecule has 0 spiro atoms. The average Bonchev–Trinajstić information content (AvgIpc) is 2.87. The molecule has 0 aliphatic heterocycles. The Labute approximate surface area is 123 Å². The highest BCUT2D eigenvalue weighted by atomic mass is 79.9. The van der Waals surface area contributed by atoms with Crippen LogP contribution in [0.2, 0.25) is 0 Å². The number of aliphatic hydroxyl groups excluding tert-OH is 2. The smallest absolute Gasteiger partial charge is 0.206 e. The summed E-state index contributed by atoms with van der Waals surface area (Å²) in [4.78, 5) is 0. The van der Waals surface area contributed by atoms with Crippen molar-refractivity contribution in [2.75, 3.05) is 18.5 Å². The van der Waals surface area contributed by atoms with Gasteiger partial charge < -0.3 is 15.5 Å². The third-order valence-corrected chi connectivity index (χ3v) is 3.96. The van der Waals surface area contributed by atoms with Gasteiger partial charge >= 0.3 is 0 Å². The van der Waals surface area contributed by atoms with E-state index in [9.17, 15) is 5.11 Å². The minimum Gasteiger partial charge on any atom is -0.394 e. The van der Waals surface area contributed by atoms with Crippen molar-refractivity contribution in [3.05, 3.63) is 28.2 Å². The first-order valence-electron chi connectivity index (χ1n) is 5.73. The first kappa shape index (κ1) is 14.4. The van der Waals surface area contributed by atoms with Gasteiger partial charge in [-0.1, -0.05) is 33.3 Å². The molecule has 0 saturated carbocycles. The van der Waals surface area contributed by atoms with Gasteiger partial charge in [-0.25, -0.2) is 0 Å². The van der Waals surface area contributed by atoms with E-state index in [1.54, 1.807) is 0 Å². The second kappa shape index (κ2) is 6.42. The number of aromatic nitrogens is 2. The molecule has 1 atom stereocenters. The average molecular weight is 344 g/mol. The number of benzene rings is 1. The number of hydrogen-bond acceptors (Lipinski definition) is 6. The Bertz CT molecular complexity index is 562.